The third-order valence-corrected chi connectivity index (χ3v) is 9.00. The summed E-state index contributed by atoms with van der Waals surface area (Å²) in [5.41, 5.74) is 13.7. The van der Waals surface area contributed by atoms with Crippen molar-refractivity contribution in [1.82, 2.24) is 0 Å². The summed E-state index contributed by atoms with van der Waals surface area (Å²) in [4.78, 5) is 0. The lowest BCUT2D eigenvalue weighted by Gasteiger charge is -2.09. The summed E-state index contributed by atoms with van der Waals surface area (Å²) in [5.74, 6) is -0.149. The van der Waals surface area contributed by atoms with Gasteiger partial charge in [0.15, 0.2) is 5.75 Å². The number of nitrogens with two attached hydrogens (primary N) is 1. The Hall–Kier alpha value is -6.68. The summed E-state index contributed by atoms with van der Waals surface area (Å²) in [5, 5.41) is 64.0. The van der Waals surface area contributed by atoms with Crippen LogP contribution in [0.4, 0.5) is 39.8 Å². The SMILES string of the molecule is Cc1cc(O)c2c(N=Nc3ccc4cc(C)c(N=Nc5cc(C)c(N=Nc6cc(C)c7cccc(C)c7c6)cc5O)c(O)c4c3)c(N)ccc2c1. The lowest BCUT2D eigenvalue weighted by Crippen LogP contribution is -1.87. The molecule has 0 aliphatic heterocycles. The Kier molecular flexibility index (Phi) is 8.36. The maximum atomic E-state index is 11.3. The molecule has 0 saturated heterocycles. The number of anilines is 1. The van der Waals surface area contributed by atoms with E-state index in [1.165, 1.54) is 11.5 Å². The smallest absolute Gasteiger partial charge is 0.151 e. The van der Waals surface area contributed by atoms with Gasteiger partial charge in [0.25, 0.3) is 0 Å². The highest BCUT2D eigenvalue weighted by Crippen LogP contribution is 2.43. The molecule has 0 bridgehead atoms. The maximum Gasteiger partial charge on any atom is 0.151 e. The van der Waals surface area contributed by atoms with E-state index in [4.69, 9.17) is 5.73 Å². The number of hydrogen-bond donors (Lipinski definition) is 4. The molecular formula is C41H35N7O3. The maximum absolute atomic E-state index is 11.3. The van der Waals surface area contributed by atoms with Gasteiger partial charge in [0.1, 0.15) is 28.6 Å². The van der Waals surface area contributed by atoms with Crippen molar-refractivity contribution in [3.8, 4) is 17.2 Å². The standard InChI is InChI=1S/C41H35N7O3/c1-21-13-27-10-12-33(42)40(38(27)37(50)14-21)48-43-28-11-9-26-15-25(5)39(41(51)32(26)18-28)47-46-35-17-24(4)34(20-36(35)49)45-44-29-16-23(3)30-8-6-7-22(2)31(30)19-29/h6-20,49-51H,42H2,1-5H3. The first-order valence-electron chi connectivity index (χ1n) is 16.3. The van der Waals surface area contributed by atoms with Gasteiger partial charge in [-0.25, -0.2) is 0 Å². The van der Waals surface area contributed by atoms with Crippen LogP contribution in [0.3, 0.4) is 0 Å². The Bertz CT molecular complexity index is 2650. The van der Waals surface area contributed by atoms with E-state index in [0.29, 0.717) is 39.1 Å². The van der Waals surface area contributed by atoms with E-state index in [1.54, 1.807) is 30.3 Å². The molecule has 0 radical (unpaired) electrons. The zero-order valence-corrected chi connectivity index (χ0v) is 28.8. The fraction of sp³-hybridized carbons (Fsp3) is 0.122. The lowest BCUT2D eigenvalue weighted by molar-refractivity contribution is 0.475. The quantitative estimate of drug-likeness (QED) is 0.102. The molecule has 51 heavy (non-hydrogen) atoms. The van der Waals surface area contributed by atoms with Crippen molar-refractivity contribution in [3.63, 3.8) is 0 Å². The van der Waals surface area contributed by atoms with Crippen LogP contribution in [0.2, 0.25) is 0 Å². The molecule has 0 heterocycles. The van der Waals surface area contributed by atoms with Gasteiger partial charge in [0.2, 0.25) is 0 Å². The molecule has 252 valence electrons. The van der Waals surface area contributed by atoms with Crippen LogP contribution < -0.4 is 5.73 Å². The largest absolute Gasteiger partial charge is 0.507 e. The van der Waals surface area contributed by atoms with Gasteiger partial charge in [-0.2, -0.15) is 15.3 Å². The molecule has 7 aromatic rings. The van der Waals surface area contributed by atoms with Crippen LogP contribution >= 0.6 is 0 Å². The van der Waals surface area contributed by atoms with Crippen LogP contribution in [0.5, 0.6) is 17.2 Å². The first kappa shape index (κ1) is 32.8. The van der Waals surface area contributed by atoms with E-state index < -0.39 is 0 Å². The Morgan fingerprint density at radius 3 is 2.02 bits per heavy atom. The number of fused-ring (bicyclic) bond motifs is 3. The molecule has 0 saturated carbocycles. The molecule has 0 aliphatic carbocycles. The zero-order valence-electron chi connectivity index (χ0n) is 28.8. The number of aryl methyl sites for hydroxylation is 5. The fourth-order valence-corrected chi connectivity index (χ4v) is 6.32. The summed E-state index contributed by atoms with van der Waals surface area (Å²) >= 11 is 0. The van der Waals surface area contributed by atoms with Crippen molar-refractivity contribution in [3.05, 3.63) is 119 Å². The van der Waals surface area contributed by atoms with Gasteiger partial charge >= 0.3 is 0 Å². The number of azo groups is 3. The second-order valence-electron chi connectivity index (χ2n) is 12.8. The van der Waals surface area contributed by atoms with Gasteiger partial charge in [-0.05, 0) is 133 Å². The van der Waals surface area contributed by atoms with Gasteiger partial charge < -0.3 is 21.1 Å². The molecule has 0 spiro atoms. The average molecular weight is 674 g/mol. The van der Waals surface area contributed by atoms with Gasteiger partial charge in [-0.15, -0.1) is 15.3 Å². The number of rotatable bonds is 6. The molecule has 10 nitrogen and oxygen atoms in total. The van der Waals surface area contributed by atoms with Crippen LogP contribution in [-0.4, -0.2) is 15.3 Å². The van der Waals surface area contributed by atoms with Gasteiger partial charge in [0.05, 0.1) is 28.1 Å². The Morgan fingerprint density at radius 2 is 1.20 bits per heavy atom. The second-order valence-corrected chi connectivity index (χ2v) is 12.8. The van der Waals surface area contributed by atoms with Crippen LogP contribution in [0.25, 0.3) is 32.3 Å². The van der Waals surface area contributed by atoms with Gasteiger partial charge in [0, 0.05) is 11.5 Å². The summed E-state index contributed by atoms with van der Waals surface area (Å²) in [6, 6.07) is 27.7. The minimum Gasteiger partial charge on any atom is -0.507 e. The van der Waals surface area contributed by atoms with Gasteiger partial charge in [-0.3, -0.25) is 0 Å². The predicted octanol–water partition coefficient (Wildman–Crippen LogP) is 12.6. The van der Waals surface area contributed by atoms with E-state index in [2.05, 4.69) is 56.7 Å². The van der Waals surface area contributed by atoms with E-state index in [1.807, 2.05) is 63.2 Å². The average Bonchev–Trinajstić information content (AvgIpc) is 3.09. The third kappa shape index (κ3) is 6.30. The normalized spacial score (nSPS) is 12.1. The number of phenols is 3. The molecule has 0 fully saturated rings. The molecule has 0 amide bonds. The van der Waals surface area contributed by atoms with Crippen molar-refractivity contribution in [2.75, 3.05) is 5.73 Å². The summed E-state index contributed by atoms with van der Waals surface area (Å²) in [7, 11) is 0. The molecule has 5 N–H and O–H groups in total. The number of nitrogens with zero attached hydrogens (tertiary/aromatic N) is 6. The monoisotopic (exact) mass is 673 g/mol. The van der Waals surface area contributed by atoms with Crippen molar-refractivity contribution in [2.24, 2.45) is 30.7 Å². The molecule has 0 aromatic heterocycles. The highest BCUT2D eigenvalue weighted by Gasteiger charge is 2.14. The Labute approximate surface area is 294 Å². The number of hydrogen-bond acceptors (Lipinski definition) is 10. The molecule has 0 atom stereocenters. The molecule has 10 heteroatoms. The van der Waals surface area contributed by atoms with E-state index in [-0.39, 0.29) is 28.6 Å². The number of phenolic OH excluding ortho intramolecular Hbond substituents is 3. The highest BCUT2D eigenvalue weighted by molar-refractivity contribution is 6.02. The first-order valence-corrected chi connectivity index (χ1v) is 16.3. The van der Waals surface area contributed by atoms with Crippen molar-refractivity contribution in [1.29, 1.82) is 0 Å². The van der Waals surface area contributed by atoms with Crippen molar-refractivity contribution >= 4 is 72.1 Å². The van der Waals surface area contributed by atoms with E-state index in [9.17, 15) is 15.3 Å². The van der Waals surface area contributed by atoms with Crippen LogP contribution in [-0.2, 0) is 0 Å². The minimum absolute atomic E-state index is 0.0688. The predicted molar refractivity (Wildman–Crippen MR) is 204 cm³/mol. The lowest BCUT2D eigenvalue weighted by atomic mass is 10.0. The third-order valence-electron chi connectivity index (χ3n) is 9.00. The number of nitrogen functional groups attached to an aromatic ring is 1. The fourth-order valence-electron chi connectivity index (χ4n) is 6.32. The Morgan fingerprint density at radius 1 is 0.471 bits per heavy atom. The Balaban J connectivity index is 1.17. The van der Waals surface area contributed by atoms with Crippen LogP contribution in [0, 0.1) is 34.6 Å². The van der Waals surface area contributed by atoms with Gasteiger partial charge in [-0.1, -0.05) is 36.4 Å². The minimum atomic E-state index is -0.127. The zero-order chi connectivity index (χ0) is 36.0. The molecule has 7 rings (SSSR count). The molecule has 0 aliphatic rings. The summed E-state index contributed by atoms with van der Waals surface area (Å²) < 4.78 is 0. The first-order chi connectivity index (χ1) is 24.5. The highest BCUT2D eigenvalue weighted by atomic mass is 16.3. The molecule has 0 unspecified atom stereocenters. The van der Waals surface area contributed by atoms with Crippen LogP contribution in [0.1, 0.15) is 27.8 Å². The summed E-state index contributed by atoms with van der Waals surface area (Å²) in [6.07, 6.45) is 0. The molecular weight excluding hydrogens is 638 g/mol. The van der Waals surface area contributed by atoms with E-state index in [0.717, 1.165) is 44.1 Å². The summed E-state index contributed by atoms with van der Waals surface area (Å²) in [6.45, 7) is 9.69. The topological polar surface area (TPSA) is 161 Å². The van der Waals surface area contributed by atoms with Crippen molar-refractivity contribution < 1.29 is 15.3 Å². The van der Waals surface area contributed by atoms with E-state index >= 15 is 0 Å². The number of benzene rings is 7. The molecule has 7 aromatic carbocycles. The van der Waals surface area contributed by atoms with Crippen molar-refractivity contribution in [2.45, 2.75) is 34.6 Å². The van der Waals surface area contributed by atoms with Crippen LogP contribution in [0.15, 0.2) is 122 Å². The number of aromatic hydroxyl groups is 3. The second kappa shape index (κ2) is 13.0.